The summed E-state index contributed by atoms with van der Waals surface area (Å²) in [5.41, 5.74) is 4.54. The zero-order chi connectivity index (χ0) is 18.1. The molecule has 0 aliphatic heterocycles. The van der Waals surface area contributed by atoms with Crippen LogP contribution in [0.4, 0.5) is 11.6 Å². The maximum Gasteiger partial charge on any atom is 0.227 e. The molecule has 130 valence electrons. The van der Waals surface area contributed by atoms with E-state index in [4.69, 9.17) is 4.98 Å². The number of anilines is 2. The van der Waals surface area contributed by atoms with E-state index >= 15 is 0 Å². The summed E-state index contributed by atoms with van der Waals surface area (Å²) in [5.74, 6) is 0.514. The fourth-order valence-electron chi connectivity index (χ4n) is 2.82. The first-order valence-electron chi connectivity index (χ1n) is 8.40. The molecule has 0 unspecified atom stereocenters. The lowest BCUT2D eigenvalue weighted by Gasteiger charge is -2.04. The molecule has 1 N–H and O–H groups in total. The Morgan fingerprint density at radius 3 is 2.70 bits per heavy atom. The minimum absolute atomic E-state index is 0.514. The third-order valence-corrected chi connectivity index (χ3v) is 5.01. The third-order valence-electron chi connectivity index (χ3n) is 4.12. The van der Waals surface area contributed by atoms with Crippen molar-refractivity contribution in [2.24, 2.45) is 0 Å². The first-order valence-corrected chi connectivity index (χ1v) is 9.28. The topological polar surface area (TPSA) is 68.0 Å². The van der Waals surface area contributed by atoms with Crippen LogP contribution in [-0.4, -0.2) is 24.6 Å². The second-order valence-electron chi connectivity index (χ2n) is 5.88. The molecule has 0 bridgehead atoms. The molecule has 0 aliphatic rings. The molecule has 0 radical (unpaired) electrons. The third kappa shape index (κ3) is 3.04. The Morgan fingerprint density at radius 2 is 1.78 bits per heavy atom. The number of hydrogen-bond acceptors (Lipinski definition) is 6. The quantitative estimate of drug-likeness (QED) is 0.498. The number of rotatable bonds is 4. The van der Waals surface area contributed by atoms with E-state index in [1.54, 1.807) is 28.2 Å². The summed E-state index contributed by atoms with van der Waals surface area (Å²) in [4.78, 5) is 13.7. The number of fused-ring (bicyclic) bond motifs is 1. The van der Waals surface area contributed by atoms with Gasteiger partial charge in [0, 0.05) is 23.3 Å². The van der Waals surface area contributed by atoms with Crippen LogP contribution in [0.5, 0.6) is 0 Å². The largest absolute Gasteiger partial charge is 0.321 e. The fourth-order valence-corrected chi connectivity index (χ4v) is 3.64. The minimum Gasteiger partial charge on any atom is -0.321 e. The molecule has 5 aromatic rings. The predicted molar refractivity (Wildman–Crippen MR) is 107 cm³/mol. The van der Waals surface area contributed by atoms with Gasteiger partial charge < -0.3 is 5.32 Å². The van der Waals surface area contributed by atoms with Crippen LogP contribution in [0.25, 0.3) is 27.5 Å². The van der Waals surface area contributed by atoms with Crippen LogP contribution in [0.1, 0.15) is 0 Å². The summed E-state index contributed by atoms with van der Waals surface area (Å²) in [6.45, 7) is 0. The molecule has 0 aliphatic carbocycles. The average molecular weight is 370 g/mol. The van der Waals surface area contributed by atoms with E-state index in [-0.39, 0.29) is 0 Å². The molecule has 0 saturated heterocycles. The smallest absolute Gasteiger partial charge is 0.227 e. The van der Waals surface area contributed by atoms with Crippen LogP contribution in [0, 0.1) is 0 Å². The molecule has 0 amide bonds. The maximum atomic E-state index is 4.72. The Bertz CT molecular complexity index is 1210. The van der Waals surface area contributed by atoms with Gasteiger partial charge in [-0.05, 0) is 18.2 Å². The van der Waals surface area contributed by atoms with Gasteiger partial charge in [-0.25, -0.2) is 19.5 Å². The second kappa shape index (κ2) is 6.62. The Kier molecular flexibility index (Phi) is 3.84. The van der Waals surface area contributed by atoms with Gasteiger partial charge in [0.15, 0.2) is 0 Å². The standard InChI is InChI=1S/C20H14N6S/c1-2-6-14(7-3-1)19-23-17(13-27-19)15-9-10-21-20(24-15)25-16-12-22-26-11-5-4-8-18(16)26/h1-13H,(H,21,24,25). The zero-order valence-corrected chi connectivity index (χ0v) is 15.0. The Labute approximate surface area is 159 Å². The molecular weight excluding hydrogens is 356 g/mol. The number of aromatic nitrogens is 5. The van der Waals surface area contributed by atoms with Gasteiger partial charge in [-0.15, -0.1) is 11.3 Å². The van der Waals surface area contributed by atoms with Crippen LogP contribution >= 0.6 is 11.3 Å². The van der Waals surface area contributed by atoms with E-state index in [0.29, 0.717) is 5.95 Å². The monoisotopic (exact) mass is 370 g/mol. The molecular formula is C20H14N6S. The molecule has 5 rings (SSSR count). The molecule has 0 saturated carbocycles. The van der Waals surface area contributed by atoms with E-state index in [1.807, 2.05) is 54.0 Å². The number of nitrogens with one attached hydrogen (secondary N) is 1. The number of thiazole rings is 1. The van der Waals surface area contributed by atoms with Crippen molar-refractivity contribution >= 4 is 28.5 Å². The molecule has 4 aromatic heterocycles. The van der Waals surface area contributed by atoms with Crippen molar-refractivity contribution < 1.29 is 0 Å². The van der Waals surface area contributed by atoms with Crippen molar-refractivity contribution in [1.29, 1.82) is 0 Å². The summed E-state index contributed by atoms with van der Waals surface area (Å²) in [7, 11) is 0. The van der Waals surface area contributed by atoms with Gasteiger partial charge in [-0.1, -0.05) is 36.4 Å². The van der Waals surface area contributed by atoms with Crippen molar-refractivity contribution in [3.63, 3.8) is 0 Å². The first-order chi connectivity index (χ1) is 13.4. The van der Waals surface area contributed by atoms with Crippen molar-refractivity contribution in [2.75, 3.05) is 5.32 Å². The molecule has 7 heteroatoms. The number of pyridine rings is 1. The van der Waals surface area contributed by atoms with Crippen molar-refractivity contribution in [1.82, 2.24) is 24.6 Å². The minimum atomic E-state index is 0.514. The van der Waals surface area contributed by atoms with E-state index in [9.17, 15) is 0 Å². The normalized spacial score (nSPS) is 11.0. The SMILES string of the molecule is c1ccc(-c2nc(-c3ccnc(Nc4cnn5ccccc45)n3)cs2)cc1. The lowest BCUT2D eigenvalue weighted by molar-refractivity contribution is 0.961. The number of benzene rings is 1. The van der Waals surface area contributed by atoms with Gasteiger partial charge in [-0.3, -0.25) is 0 Å². The van der Waals surface area contributed by atoms with Crippen LogP contribution in [0.15, 0.2) is 78.6 Å². The molecule has 0 fully saturated rings. The average Bonchev–Trinajstić information content (AvgIpc) is 3.37. The first kappa shape index (κ1) is 15.7. The molecule has 0 atom stereocenters. The van der Waals surface area contributed by atoms with Crippen molar-refractivity contribution in [3.05, 3.63) is 78.6 Å². The summed E-state index contributed by atoms with van der Waals surface area (Å²) in [6.07, 6.45) is 5.40. The Morgan fingerprint density at radius 1 is 0.889 bits per heavy atom. The Hall–Kier alpha value is -3.58. The molecule has 6 nitrogen and oxygen atoms in total. The highest BCUT2D eigenvalue weighted by molar-refractivity contribution is 7.13. The Balaban J connectivity index is 1.45. The van der Waals surface area contributed by atoms with Crippen LogP contribution in [-0.2, 0) is 0 Å². The number of nitrogens with zero attached hydrogens (tertiary/aromatic N) is 5. The summed E-state index contributed by atoms with van der Waals surface area (Å²) >= 11 is 1.61. The second-order valence-corrected chi connectivity index (χ2v) is 6.74. The maximum absolute atomic E-state index is 4.72. The highest BCUT2D eigenvalue weighted by Crippen LogP contribution is 2.28. The zero-order valence-electron chi connectivity index (χ0n) is 14.1. The predicted octanol–water partition coefficient (Wildman–Crippen LogP) is 4.66. The van der Waals surface area contributed by atoms with Gasteiger partial charge in [0.1, 0.15) is 10.7 Å². The summed E-state index contributed by atoms with van der Waals surface area (Å²) in [5, 5.41) is 10.6. The molecule has 1 aromatic carbocycles. The highest BCUT2D eigenvalue weighted by atomic mass is 32.1. The van der Waals surface area contributed by atoms with E-state index in [0.717, 1.165) is 33.2 Å². The summed E-state index contributed by atoms with van der Waals surface area (Å²) in [6, 6.07) is 17.9. The van der Waals surface area contributed by atoms with Gasteiger partial charge >= 0.3 is 0 Å². The van der Waals surface area contributed by atoms with E-state index < -0.39 is 0 Å². The van der Waals surface area contributed by atoms with E-state index in [1.165, 1.54) is 0 Å². The molecule has 0 spiro atoms. The molecule has 27 heavy (non-hydrogen) atoms. The van der Waals surface area contributed by atoms with Crippen LogP contribution in [0.3, 0.4) is 0 Å². The molecule has 4 heterocycles. The van der Waals surface area contributed by atoms with Gasteiger partial charge in [0.05, 0.1) is 23.1 Å². The lowest BCUT2D eigenvalue weighted by Crippen LogP contribution is -1.97. The van der Waals surface area contributed by atoms with Crippen molar-refractivity contribution in [3.8, 4) is 22.0 Å². The van der Waals surface area contributed by atoms with Gasteiger partial charge in [0.25, 0.3) is 0 Å². The lowest BCUT2D eigenvalue weighted by atomic mass is 10.2. The van der Waals surface area contributed by atoms with Gasteiger partial charge in [0.2, 0.25) is 5.95 Å². The van der Waals surface area contributed by atoms with Crippen molar-refractivity contribution in [2.45, 2.75) is 0 Å². The highest BCUT2D eigenvalue weighted by Gasteiger charge is 2.10. The van der Waals surface area contributed by atoms with E-state index in [2.05, 4.69) is 32.5 Å². The fraction of sp³-hybridized carbons (Fsp3) is 0. The summed E-state index contributed by atoms with van der Waals surface area (Å²) < 4.78 is 1.80. The van der Waals surface area contributed by atoms with Crippen LogP contribution in [0.2, 0.25) is 0 Å². The van der Waals surface area contributed by atoms with Crippen LogP contribution < -0.4 is 5.32 Å². The number of hydrogen-bond donors (Lipinski definition) is 1. The van der Waals surface area contributed by atoms with Gasteiger partial charge in [-0.2, -0.15) is 5.10 Å².